The van der Waals surface area contributed by atoms with E-state index >= 15 is 0 Å². The first-order chi connectivity index (χ1) is 11.3. The first-order valence-electron chi connectivity index (χ1n) is 7.32. The van der Waals surface area contributed by atoms with E-state index in [9.17, 15) is 18.3 Å². The maximum atomic E-state index is 12.9. The summed E-state index contributed by atoms with van der Waals surface area (Å²) < 4.78 is 32.1. The minimum Gasteiger partial charge on any atom is -0.496 e. The fraction of sp³-hybridized carbons (Fsp3) is 0.235. The summed E-state index contributed by atoms with van der Waals surface area (Å²) in [5.74, 6) is -1.14. The maximum Gasteiger partial charge on any atom is 0.339 e. The molecule has 2 aromatic carbocycles. The Morgan fingerprint density at radius 3 is 2.46 bits per heavy atom. The van der Waals surface area contributed by atoms with E-state index in [2.05, 4.69) is 0 Å². The van der Waals surface area contributed by atoms with Crippen LogP contribution in [0.3, 0.4) is 0 Å². The first-order valence-corrected chi connectivity index (χ1v) is 8.76. The van der Waals surface area contributed by atoms with Gasteiger partial charge in [0.2, 0.25) is 0 Å². The van der Waals surface area contributed by atoms with Crippen LogP contribution in [-0.2, 0) is 10.0 Å². The van der Waals surface area contributed by atoms with E-state index < -0.39 is 16.0 Å². The van der Waals surface area contributed by atoms with Gasteiger partial charge in [0.15, 0.2) is 0 Å². The number of rotatable bonds is 6. The Morgan fingerprint density at radius 1 is 1.21 bits per heavy atom. The number of methoxy groups -OCH3 is 1. The van der Waals surface area contributed by atoms with Crippen LogP contribution in [0.1, 0.15) is 22.8 Å². The number of ether oxygens (including phenoxy) is 1. The number of anilines is 1. The van der Waals surface area contributed by atoms with Crippen molar-refractivity contribution in [3.05, 3.63) is 53.6 Å². The molecule has 1 N–H and O–H groups in total. The van der Waals surface area contributed by atoms with Crippen molar-refractivity contribution < 1.29 is 23.1 Å². The highest BCUT2D eigenvalue weighted by Crippen LogP contribution is 2.28. The Balaban J connectivity index is 2.56. The zero-order valence-corrected chi connectivity index (χ0v) is 14.5. The van der Waals surface area contributed by atoms with Crippen LogP contribution >= 0.6 is 0 Å². The quantitative estimate of drug-likeness (QED) is 0.867. The predicted octanol–water partition coefficient (Wildman–Crippen LogP) is 2.92. The number of benzene rings is 2. The molecule has 0 saturated carbocycles. The normalized spacial score (nSPS) is 11.1. The minimum atomic E-state index is -3.89. The molecule has 128 valence electrons. The van der Waals surface area contributed by atoms with Crippen LogP contribution in [0.5, 0.6) is 5.75 Å². The van der Waals surface area contributed by atoms with Crippen molar-refractivity contribution in [3.63, 3.8) is 0 Å². The summed E-state index contributed by atoms with van der Waals surface area (Å²) in [4.78, 5) is 11.2. The SMILES string of the molecule is CCN(c1cccc(C)c1)S(=O)(=O)c1ccc(OC)c(C(=O)O)c1. The molecule has 7 heteroatoms. The Morgan fingerprint density at radius 2 is 1.92 bits per heavy atom. The Kier molecular flexibility index (Phi) is 5.14. The number of carboxylic acid groups (broad SMARTS) is 1. The van der Waals surface area contributed by atoms with E-state index in [1.807, 2.05) is 13.0 Å². The average molecular weight is 349 g/mol. The number of aromatic carboxylic acids is 1. The standard InChI is InChI=1S/C17H19NO5S/c1-4-18(13-7-5-6-12(2)10-13)24(21,22)14-8-9-16(23-3)15(11-14)17(19)20/h5-11H,4H2,1-3H3,(H,19,20). The van der Waals surface area contributed by atoms with E-state index in [1.54, 1.807) is 25.1 Å². The topological polar surface area (TPSA) is 83.9 Å². The molecule has 0 saturated heterocycles. The number of sulfonamides is 1. The van der Waals surface area contributed by atoms with Gasteiger partial charge in [-0.3, -0.25) is 4.31 Å². The highest BCUT2D eigenvalue weighted by atomic mass is 32.2. The zero-order valence-electron chi connectivity index (χ0n) is 13.7. The van der Waals surface area contributed by atoms with E-state index in [0.717, 1.165) is 11.6 Å². The van der Waals surface area contributed by atoms with Gasteiger partial charge in [-0.25, -0.2) is 13.2 Å². The second-order valence-corrected chi connectivity index (χ2v) is 7.04. The van der Waals surface area contributed by atoms with E-state index in [0.29, 0.717) is 5.69 Å². The zero-order chi connectivity index (χ0) is 17.9. The van der Waals surface area contributed by atoms with Gasteiger partial charge in [0.25, 0.3) is 10.0 Å². The average Bonchev–Trinajstić information content (AvgIpc) is 2.54. The molecule has 0 aliphatic heterocycles. The first kappa shape index (κ1) is 17.8. The molecule has 0 bridgehead atoms. The molecule has 0 aliphatic rings. The van der Waals surface area contributed by atoms with E-state index in [4.69, 9.17) is 4.74 Å². The third-order valence-electron chi connectivity index (χ3n) is 3.57. The molecule has 0 radical (unpaired) electrons. The number of aryl methyl sites for hydroxylation is 1. The summed E-state index contributed by atoms with van der Waals surface area (Å²) in [6, 6.07) is 10.9. The monoisotopic (exact) mass is 349 g/mol. The molecule has 0 aromatic heterocycles. The van der Waals surface area contributed by atoms with Gasteiger partial charge in [-0.05, 0) is 49.7 Å². The Labute approximate surface area is 141 Å². The van der Waals surface area contributed by atoms with Gasteiger partial charge in [0.05, 0.1) is 17.7 Å². The number of nitrogens with zero attached hydrogens (tertiary/aromatic N) is 1. The van der Waals surface area contributed by atoms with Crippen molar-refractivity contribution in [2.75, 3.05) is 18.0 Å². The van der Waals surface area contributed by atoms with Crippen LogP contribution in [0.2, 0.25) is 0 Å². The summed E-state index contributed by atoms with van der Waals surface area (Å²) in [6.07, 6.45) is 0. The summed E-state index contributed by atoms with van der Waals surface area (Å²) in [7, 11) is -2.55. The lowest BCUT2D eigenvalue weighted by Crippen LogP contribution is -2.31. The third kappa shape index (κ3) is 3.35. The molecule has 0 heterocycles. The van der Waals surface area contributed by atoms with Crippen molar-refractivity contribution in [2.45, 2.75) is 18.7 Å². The number of hydrogen-bond donors (Lipinski definition) is 1. The third-order valence-corrected chi connectivity index (χ3v) is 5.47. The molecule has 6 nitrogen and oxygen atoms in total. The lowest BCUT2D eigenvalue weighted by atomic mass is 10.2. The van der Waals surface area contributed by atoms with Gasteiger partial charge < -0.3 is 9.84 Å². The summed E-state index contributed by atoms with van der Waals surface area (Å²) in [5.41, 5.74) is 1.27. The van der Waals surface area contributed by atoms with Crippen molar-refractivity contribution in [1.82, 2.24) is 0 Å². The molecule has 2 rings (SSSR count). The van der Waals surface area contributed by atoms with Gasteiger partial charge in [0.1, 0.15) is 11.3 Å². The molecule has 0 aliphatic carbocycles. The molecule has 2 aromatic rings. The van der Waals surface area contributed by atoms with E-state index in [-0.39, 0.29) is 22.8 Å². The fourth-order valence-electron chi connectivity index (χ4n) is 2.42. The Hall–Kier alpha value is -2.54. The molecule has 0 unspecified atom stereocenters. The summed E-state index contributed by atoms with van der Waals surface area (Å²) in [5, 5.41) is 9.25. The molecule has 0 spiro atoms. The van der Waals surface area contributed by atoms with Gasteiger partial charge >= 0.3 is 5.97 Å². The molecule has 0 atom stereocenters. The van der Waals surface area contributed by atoms with Crippen LogP contribution in [0.25, 0.3) is 0 Å². The van der Waals surface area contributed by atoms with Gasteiger partial charge in [-0.1, -0.05) is 12.1 Å². The smallest absolute Gasteiger partial charge is 0.339 e. The van der Waals surface area contributed by atoms with Crippen molar-refractivity contribution in [1.29, 1.82) is 0 Å². The largest absolute Gasteiger partial charge is 0.496 e. The maximum absolute atomic E-state index is 12.9. The van der Waals surface area contributed by atoms with Gasteiger partial charge in [-0.2, -0.15) is 0 Å². The second kappa shape index (κ2) is 6.92. The molecular weight excluding hydrogens is 330 g/mol. The van der Waals surface area contributed by atoms with E-state index in [1.165, 1.54) is 23.5 Å². The van der Waals surface area contributed by atoms with Crippen molar-refractivity contribution in [2.24, 2.45) is 0 Å². The molecule has 0 amide bonds. The van der Waals surface area contributed by atoms with Gasteiger partial charge in [-0.15, -0.1) is 0 Å². The molecular formula is C17H19NO5S. The minimum absolute atomic E-state index is 0.0935. The van der Waals surface area contributed by atoms with Crippen LogP contribution in [-0.4, -0.2) is 33.1 Å². The second-order valence-electron chi connectivity index (χ2n) is 5.18. The highest BCUT2D eigenvalue weighted by molar-refractivity contribution is 7.92. The summed E-state index contributed by atoms with van der Waals surface area (Å²) in [6.45, 7) is 3.82. The molecule has 24 heavy (non-hydrogen) atoms. The summed E-state index contributed by atoms with van der Waals surface area (Å²) >= 11 is 0. The lowest BCUT2D eigenvalue weighted by Gasteiger charge is -2.23. The van der Waals surface area contributed by atoms with Crippen LogP contribution in [0.15, 0.2) is 47.4 Å². The van der Waals surface area contributed by atoms with Gasteiger partial charge in [0, 0.05) is 6.54 Å². The highest BCUT2D eigenvalue weighted by Gasteiger charge is 2.26. The number of carbonyl (C=O) groups is 1. The molecule has 0 fully saturated rings. The van der Waals surface area contributed by atoms with Crippen molar-refractivity contribution >= 4 is 21.7 Å². The number of carboxylic acids is 1. The van der Waals surface area contributed by atoms with Crippen LogP contribution < -0.4 is 9.04 Å². The van der Waals surface area contributed by atoms with Crippen LogP contribution in [0, 0.1) is 6.92 Å². The fourth-order valence-corrected chi connectivity index (χ4v) is 3.91. The number of hydrogen-bond acceptors (Lipinski definition) is 4. The predicted molar refractivity (Wildman–Crippen MR) is 91.3 cm³/mol. The Bertz CT molecular complexity index is 861. The van der Waals surface area contributed by atoms with Crippen LogP contribution in [0.4, 0.5) is 5.69 Å². The van der Waals surface area contributed by atoms with Crippen molar-refractivity contribution in [3.8, 4) is 5.75 Å². The lowest BCUT2D eigenvalue weighted by molar-refractivity contribution is 0.0693.